The van der Waals surface area contributed by atoms with Crippen LogP contribution in [0.5, 0.6) is 0 Å². The second-order valence-electron chi connectivity index (χ2n) is 10.5. The Kier molecular flexibility index (Phi) is 12.2. The van der Waals surface area contributed by atoms with E-state index in [0.29, 0.717) is 24.2 Å². The summed E-state index contributed by atoms with van der Waals surface area (Å²) < 4.78 is 10.9. The SMILES string of the molecule is CC1=CC=CCC=C1.CN(C)C1=NC(NC=O)=C(C(=O)OC(C)(C)C)C1.Cc1cc(-c2ccc(Cl)cc2)oc1C. The Morgan fingerprint density at radius 2 is 1.80 bits per heavy atom. The van der Waals surface area contributed by atoms with Crippen molar-refractivity contribution in [3.63, 3.8) is 0 Å². The highest BCUT2D eigenvalue weighted by molar-refractivity contribution is 6.30. The summed E-state index contributed by atoms with van der Waals surface area (Å²) in [6, 6.07) is 9.69. The molecule has 1 aromatic carbocycles. The number of ether oxygens (including phenoxy) is 1. The van der Waals surface area contributed by atoms with Crippen molar-refractivity contribution in [3.05, 3.63) is 94.0 Å². The van der Waals surface area contributed by atoms with Gasteiger partial charge in [-0.2, -0.15) is 0 Å². The van der Waals surface area contributed by atoms with Crippen molar-refractivity contribution >= 4 is 29.8 Å². The van der Waals surface area contributed by atoms with E-state index in [0.717, 1.165) is 28.5 Å². The van der Waals surface area contributed by atoms with Crippen molar-refractivity contribution in [1.29, 1.82) is 0 Å². The summed E-state index contributed by atoms with van der Waals surface area (Å²) in [5, 5.41) is 3.17. The third kappa shape index (κ3) is 10.7. The number of nitrogens with zero attached hydrogens (tertiary/aromatic N) is 2. The van der Waals surface area contributed by atoms with Gasteiger partial charge in [-0.1, -0.05) is 47.6 Å². The minimum absolute atomic E-state index is 0.267. The molecule has 0 saturated heterocycles. The number of halogens is 1. The fourth-order valence-corrected chi connectivity index (χ4v) is 3.56. The average molecular weight is 566 g/mol. The van der Waals surface area contributed by atoms with Crippen LogP contribution < -0.4 is 5.32 Å². The molecule has 1 N–H and O–H groups in total. The molecular formula is C32H40ClN3O4. The van der Waals surface area contributed by atoms with Crippen LogP contribution in [0.15, 0.2) is 87.1 Å². The smallest absolute Gasteiger partial charge is 0.338 e. The minimum atomic E-state index is -0.572. The highest BCUT2D eigenvalue weighted by atomic mass is 35.5. The standard InChI is InChI=1S/C12H11ClO.C12H19N3O3.C8H10/c1-8-7-12(14-9(8)2)10-3-5-11(13)6-4-10;1-12(2,3)18-11(17)8-6-9(15(4)5)14-10(8)13-7-16;1-8-6-4-2-3-5-7-8/h3-7H,1-2H3;7H,6H2,1-5H3,(H,13,16);2,4-7H,3H2,1H3. The van der Waals surface area contributed by atoms with Gasteiger partial charge >= 0.3 is 5.97 Å². The summed E-state index contributed by atoms with van der Waals surface area (Å²) in [4.78, 5) is 28.5. The minimum Gasteiger partial charge on any atom is -0.461 e. The number of hydrogen-bond donors (Lipinski definition) is 1. The third-order valence-corrected chi connectivity index (χ3v) is 5.91. The number of benzene rings is 1. The van der Waals surface area contributed by atoms with E-state index in [1.54, 1.807) is 25.7 Å². The zero-order valence-corrected chi connectivity index (χ0v) is 25.4. The molecule has 0 unspecified atom stereocenters. The van der Waals surface area contributed by atoms with Crippen molar-refractivity contribution in [2.75, 3.05) is 14.1 Å². The second kappa shape index (κ2) is 15.1. The quantitative estimate of drug-likeness (QED) is 0.310. The number of furan rings is 1. The largest absolute Gasteiger partial charge is 0.461 e. The average Bonchev–Trinajstić information content (AvgIpc) is 3.35. The lowest BCUT2D eigenvalue weighted by Crippen LogP contribution is -2.27. The Hall–Kier alpha value is -3.84. The molecule has 1 amide bonds. The van der Waals surface area contributed by atoms with Crippen molar-refractivity contribution in [1.82, 2.24) is 10.2 Å². The van der Waals surface area contributed by atoms with E-state index < -0.39 is 11.6 Å². The molecule has 0 atom stereocenters. The normalized spacial score (nSPS) is 14.1. The molecule has 2 aliphatic rings. The second-order valence-corrected chi connectivity index (χ2v) is 11.0. The number of aliphatic imine (C=N–C) groups is 1. The molecule has 1 aliphatic carbocycles. The van der Waals surface area contributed by atoms with Gasteiger partial charge < -0.3 is 19.4 Å². The van der Waals surface area contributed by atoms with Gasteiger partial charge in [-0.25, -0.2) is 9.79 Å². The lowest BCUT2D eigenvalue weighted by atomic mass is 10.1. The molecule has 0 radical (unpaired) electrons. The van der Waals surface area contributed by atoms with Gasteiger partial charge in [0.1, 0.15) is 28.8 Å². The van der Waals surface area contributed by atoms with Crippen LogP contribution >= 0.6 is 11.6 Å². The molecule has 0 spiro atoms. The lowest BCUT2D eigenvalue weighted by Gasteiger charge is -2.20. The number of nitrogens with one attached hydrogen (secondary N) is 1. The van der Waals surface area contributed by atoms with Gasteiger partial charge in [-0.05, 0) is 83.9 Å². The summed E-state index contributed by atoms with van der Waals surface area (Å²) in [6.45, 7) is 11.5. The van der Waals surface area contributed by atoms with Crippen molar-refractivity contribution in [2.45, 2.75) is 60.0 Å². The van der Waals surface area contributed by atoms with Crippen LogP contribution in [0.25, 0.3) is 11.3 Å². The Morgan fingerprint density at radius 3 is 2.35 bits per heavy atom. The predicted octanol–water partition coefficient (Wildman–Crippen LogP) is 7.32. The van der Waals surface area contributed by atoms with E-state index in [4.69, 9.17) is 20.8 Å². The predicted molar refractivity (Wildman–Crippen MR) is 163 cm³/mol. The molecule has 0 saturated carbocycles. The molecular weight excluding hydrogens is 526 g/mol. The number of carbonyl (C=O) groups excluding carboxylic acids is 2. The Bertz CT molecular complexity index is 1300. The Balaban J connectivity index is 0.000000225. The van der Waals surface area contributed by atoms with Crippen molar-refractivity contribution in [3.8, 4) is 11.3 Å². The molecule has 7 nitrogen and oxygen atoms in total. The first kappa shape index (κ1) is 32.4. The van der Waals surface area contributed by atoms with E-state index in [1.807, 2.05) is 58.3 Å². The molecule has 4 rings (SSSR count). The van der Waals surface area contributed by atoms with Gasteiger partial charge in [0.05, 0.1) is 5.57 Å². The van der Waals surface area contributed by atoms with Crippen LogP contribution in [-0.2, 0) is 14.3 Å². The fraction of sp³-hybridized carbons (Fsp3) is 0.344. The summed E-state index contributed by atoms with van der Waals surface area (Å²) in [7, 11) is 3.66. The molecule has 40 heavy (non-hydrogen) atoms. The highest BCUT2D eigenvalue weighted by Crippen LogP contribution is 2.26. The fourth-order valence-electron chi connectivity index (χ4n) is 3.44. The third-order valence-electron chi connectivity index (χ3n) is 5.66. The van der Waals surface area contributed by atoms with Gasteiger partial charge in [-0.3, -0.25) is 4.79 Å². The first-order valence-electron chi connectivity index (χ1n) is 13.0. The number of amidine groups is 1. The first-order chi connectivity index (χ1) is 18.8. The zero-order valence-electron chi connectivity index (χ0n) is 24.7. The summed E-state index contributed by atoms with van der Waals surface area (Å²) in [5.41, 5.74) is 3.37. The van der Waals surface area contributed by atoms with Gasteiger partial charge in [0.2, 0.25) is 6.41 Å². The maximum atomic E-state index is 12.0. The summed E-state index contributed by atoms with van der Waals surface area (Å²) >= 11 is 5.80. The molecule has 0 fully saturated rings. The Morgan fingerprint density at radius 1 is 1.12 bits per heavy atom. The number of rotatable bonds is 4. The van der Waals surface area contributed by atoms with Crippen molar-refractivity contribution in [2.24, 2.45) is 4.99 Å². The number of hydrogen-bond acceptors (Lipinski definition) is 6. The molecule has 8 heteroatoms. The number of carbonyl (C=O) groups is 2. The van der Waals surface area contributed by atoms with Gasteiger partial charge in [-0.15, -0.1) is 0 Å². The van der Waals surface area contributed by atoms with Crippen LogP contribution in [0.4, 0.5) is 0 Å². The van der Waals surface area contributed by atoms with Gasteiger partial charge in [0, 0.05) is 31.1 Å². The maximum absolute atomic E-state index is 12.0. The van der Waals surface area contributed by atoms with Crippen LogP contribution in [0.2, 0.25) is 5.02 Å². The topological polar surface area (TPSA) is 84.1 Å². The van der Waals surface area contributed by atoms with Crippen molar-refractivity contribution < 1.29 is 18.7 Å². The number of allylic oxidation sites excluding steroid dienone is 6. The lowest BCUT2D eigenvalue weighted by molar-refractivity contribution is -0.149. The molecule has 2 heterocycles. The van der Waals surface area contributed by atoms with E-state index in [1.165, 1.54) is 11.1 Å². The molecule has 1 aromatic heterocycles. The van der Waals surface area contributed by atoms with E-state index in [2.05, 4.69) is 47.6 Å². The van der Waals surface area contributed by atoms with Crippen LogP contribution in [0.3, 0.4) is 0 Å². The monoisotopic (exact) mass is 565 g/mol. The number of esters is 1. The highest BCUT2D eigenvalue weighted by Gasteiger charge is 2.28. The number of amides is 1. The molecule has 2 aromatic rings. The van der Waals surface area contributed by atoms with Gasteiger partial charge in [0.15, 0.2) is 0 Å². The van der Waals surface area contributed by atoms with Crippen LogP contribution in [-0.4, -0.2) is 42.8 Å². The van der Waals surface area contributed by atoms with E-state index in [-0.39, 0.29) is 5.82 Å². The zero-order chi connectivity index (χ0) is 29.9. The van der Waals surface area contributed by atoms with E-state index >= 15 is 0 Å². The summed E-state index contributed by atoms with van der Waals surface area (Å²) in [5.74, 6) is 2.39. The van der Waals surface area contributed by atoms with E-state index in [9.17, 15) is 9.59 Å². The Labute approximate surface area is 242 Å². The molecule has 1 aliphatic heterocycles. The van der Waals surface area contributed by atoms with Crippen LogP contribution in [0, 0.1) is 13.8 Å². The first-order valence-corrected chi connectivity index (χ1v) is 13.4. The molecule has 214 valence electrons. The number of aryl methyl sites for hydroxylation is 2. The van der Waals surface area contributed by atoms with Gasteiger partial charge in [0.25, 0.3) is 0 Å². The maximum Gasteiger partial charge on any atom is 0.338 e. The van der Waals surface area contributed by atoms with Crippen LogP contribution in [0.1, 0.15) is 51.9 Å². The molecule has 0 bridgehead atoms. The summed E-state index contributed by atoms with van der Waals surface area (Å²) in [6.07, 6.45) is 12.6.